The SMILES string of the molecule is CC(C#N)Cc1cccc2c(-c3ccnc(NC4CC(C)(C)NC(C)(C)C4)n3)c[nH]c12. The Morgan fingerprint density at radius 3 is 2.65 bits per heavy atom. The number of nitrogens with zero attached hydrogens (tertiary/aromatic N) is 3. The molecule has 3 N–H and O–H groups in total. The molecule has 0 saturated carbocycles. The van der Waals surface area contributed by atoms with Crippen molar-refractivity contribution in [1.29, 1.82) is 5.26 Å². The monoisotopic (exact) mass is 416 g/mol. The van der Waals surface area contributed by atoms with E-state index in [2.05, 4.69) is 72.6 Å². The molecule has 1 aliphatic heterocycles. The molecule has 6 heteroatoms. The lowest BCUT2D eigenvalue weighted by atomic mass is 9.80. The molecule has 1 saturated heterocycles. The van der Waals surface area contributed by atoms with Gasteiger partial charge in [-0.15, -0.1) is 0 Å². The van der Waals surface area contributed by atoms with Gasteiger partial charge in [0.25, 0.3) is 0 Å². The van der Waals surface area contributed by atoms with Gasteiger partial charge in [-0.05, 0) is 65.5 Å². The lowest BCUT2D eigenvalue weighted by Crippen LogP contribution is -2.60. The minimum absolute atomic E-state index is 0.0225. The van der Waals surface area contributed by atoms with Crippen molar-refractivity contribution >= 4 is 16.9 Å². The van der Waals surface area contributed by atoms with Gasteiger partial charge in [0, 0.05) is 51.9 Å². The molecule has 4 rings (SSSR count). The van der Waals surface area contributed by atoms with Crippen LogP contribution in [0.3, 0.4) is 0 Å². The Morgan fingerprint density at radius 1 is 1.19 bits per heavy atom. The number of hydrogen-bond donors (Lipinski definition) is 3. The van der Waals surface area contributed by atoms with Crippen molar-refractivity contribution in [3.63, 3.8) is 0 Å². The lowest BCUT2D eigenvalue weighted by molar-refractivity contribution is 0.170. The normalized spacial score (nSPS) is 19.1. The number of aromatic nitrogens is 3. The summed E-state index contributed by atoms with van der Waals surface area (Å²) < 4.78 is 0. The number of hydrogen-bond acceptors (Lipinski definition) is 5. The van der Waals surface area contributed by atoms with E-state index in [4.69, 9.17) is 4.98 Å². The maximum Gasteiger partial charge on any atom is 0.223 e. The molecule has 1 unspecified atom stereocenters. The summed E-state index contributed by atoms with van der Waals surface area (Å²) in [6.07, 6.45) is 6.58. The summed E-state index contributed by atoms with van der Waals surface area (Å²) in [6, 6.07) is 10.8. The Morgan fingerprint density at radius 2 is 1.94 bits per heavy atom. The van der Waals surface area contributed by atoms with Crippen LogP contribution >= 0.6 is 0 Å². The van der Waals surface area contributed by atoms with Crippen LogP contribution in [0.25, 0.3) is 22.2 Å². The van der Waals surface area contributed by atoms with Gasteiger partial charge in [-0.25, -0.2) is 9.97 Å². The van der Waals surface area contributed by atoms with E-state index < -0.39 is 0 Å². The van der Waals surface area contributed by atoms with Crippen molar-refractivity contribution in [2.75, 3.05) is 5.32 Å². The number of H-pyrrole nitrogens is 1. The van der Waals surface area contributed by atoms with Crippen molar-refractivity contribution in [3.8, 4) is 17.3 Å². The van der Waals surface area contributed by atoms with Gasteiger partial charge >= 0.3 is 0 Å². The summed E-state index contributed by atoms with van der Waals surface area (Å²) in [4.78, 5) is 12.8. The van der Waals surface area contributed by atoms with E-state index in [1.165, 1.54) is 0 Å². The van der Waals surface area contributed by atoms with E-state index in [0.29, 0.717) is 12.0 Å². The van der Waals surface area contributed by atoms with E-state index >= 15 is 0 Å². The van der Waals surface area contributed by atoms with Gasteiger partial charge in [0.1, 0.15) is 0 Å². The van der Waals surface area contributed by atoms with E-state index in [0.717, 1.165) is 47.0 Å². The average molecular weight is 417 g/mol. The van der Waals surface area contributed by atoms with Crippen LogP contribution in [0.5, 0.6) is 0 Å². The molecule has 0 radical (unpaired) electrons. The highest BCUT2D eigenvalue weighted by Gasteiger charge is 2.37. The highest BCUT2D eigenvalue weighted by atomic mass is 15.1. The first kappa shape index (κ1) is 21.3. The van der Waals surface area contributed by atoms with E-state index in [1.807, 2.05) is 25.4 Å². The Hall–Kier alpha value is -2.91. The molecule has 0 spiro atoms. The zero-order valence-corrected chi connectivity index (χ0v) is 19.1. The van der Waals surface area contributed by atoms with Gasteiger partial charge in [0.05, 0.1) is 11.8 Å². The Labute approximate surface area is 184 Å². The molecule has 162 valence electrons. The molecular formula is C25H32N6. The van der Waals surface area contributed by atoms with Gasteiger partial charge in [-0.2, -0.15) is 5.26 Å². The van der Waals surface area contributed by atoms with Crippen molar-refractivity contribution in [2.45, 2.75) is 71.0 Å². The molecular weight excluding hydrogens is 384 g/mol. The van der Waals surface area contributed by atoms with Gasteiger partial charge in [0.2, 0.25) is 5.95 Å². The van der Waals surface area contributed by atoms with Gasteiger partial charge in [0.15, 0.2) is 0 Å². The topological polar surface area (TPSA) is 89.4 Å². The first-order valence-electron chi connectivity index (χ1n) is 11.0. The third-order valence-electron chi connectivity index (χ3n) is 6.00. The summed E-state index contributed by atoms with van der Waals surface area (Å²) in [5, 5.41) is 17.6. The standard InChI is InChI=1S/C25H32N6/c1-16(14-26)11-17-7-6-8-19-20(15-28-22(17)19)21-9-10-27-23(30-21)29-18-12-24(2,3)31-25(4,5)13-18/h6-10,15-16,18,28,31H,11-13H2,1-5H3,(H,27,29,30). The van der Waals surface area contributed by atoms with Crippen LogP contribution < -0.4 is 10.6 Å². The first-order valence-corrected chi connectivity index (χ1v) is 11.0. The number of nitrogens with one attached hydrogen (secondary N) is 3. The molecule has 0 aliphatic carbocycles. The van der Waals surface area contributed by atoms with Gasteiger partial charge in [-0.3, -0.25) is 0 Å². The number of fused-ring (bicyclic) bond motifs is 1. The summed E-state index contributed by atoms with van der Waals surface area (Å²) in [5.41, 5.74) is 4.30. The molecule has 1 atom stereocenters. The van der Waals surface area contributed by atoms with Crippen molar-refractivity contribution < 1.29 is 0 Å². The molecule has 1 aromatic carbocycles. The molecule has 2 aromatic heterocycles. The number of nitriles is 1. The summed E-state index contributed by atoms with van der Waals surface area (Å²) in [6.45, 7) is 10.9. The zero-order chi connectivity index (χ0) is 22.2. The molecule has 0 amide bonds. The number of rotatable bonds is 5. The average Bonchev–Trinajstić information content (AvgIpc) is 3.11. The van der Waals surface area contributed by atoms with Crippen LogP contribution in [0.2, 0.25) is 0 Å². The number of aromatic amines is 1. The van der Waals surface area contributed by atoms with Gasteiger partial charge < -0.3 is 15.6 Å². The third-order valence-corrected chi connectivity index (χ3v) is 6.00. The highest BCUT2D eigenvalue weighted by molar-refractivity contribution is 5.96. The van der Waals surface area contributed by atoms with Crippen LogP contribution in [0.4, 0.5) is 5.95 Å². The minimum Gasteiger partial charge on any atom is -0.360 e. The zero-order valence-electron chi connectivity index (χ0n) is 19.1. The van der Waals surface area contributed by atoms with E-state index in [1.54, 1.807) is 0 Å². The van der Waals surface area contributed by atoms with Crippen LogP contribution in [0.1, 0.15) is 53.0 Å². The van der Waals surface area contributed by atoms with Crippen molar-refractivity contribution in [1.82, 2.24) is 20.3 Å². The lowest BCUT2D eigenvalue weighted by Gasteiger charge is -2.46. The number of para-hydroxylation sites is 1. The molecule has 0 bridgehead atoms. The summed E-state index contributed by atoms with van der Waals surface area (Å²) >= 11 is 0. The fourth-order valence-corrected chi connectivity index (χ4v) is 5.16. The molecule has 1 aliphatic rings. The summed E-state index contributed by atoms with van der Waals surface area (Å²) in [7, 11) is 0. The summed E-state index contributed by atoms with van der Waals surface area (Å²) in [5.74, 6) is 0.644. The number of piperidine rings is 1. The highest BCUT2D eigenvalue weighted by Crippen LogP contribution is 2.32. The molecule has 6 nitrogen and oxygen atoms in total. The fourth-order valence-electron chi connectivity index (χ4n) is 5.16. The smallest absolute Gasteiger partial charge is 0.223 e. The number of benzene rings is 1. The predicted molar refractivity (Wildman–Crippen MR) is 126 cm³/mol. The van der Waals surface area contributed by atoms with Crippen LogP contribution in [0.15, 0.2) is 36.7 Å². The Balaban J connectivity index is 1.61. The van der Waals surface area contributed by atoms with Gasteiger partial charge in [-0.1, -0.05) is 18.2 Å². The molecule has 31 heavy (non-hydrogen) atoms. The second-order valence-electron chi connectivity index (χ2n) is 10.2. The Kier molecular flexibility index (Phi) is 5.49. The maximum absolute atomic E-state index is 9.19. The third kappa shape index (κ3) is 4.72. The first-order chi connectivity index (χ1) is 14.7. The fraction of sp³-hybridized carbons (Fsp3) is 0.480. The quantitative estimate of drug-likeness (QED) is 0.542. The molecule has 1 fully saturated rings. The molecule has 3 aromatic rings. The second-order valence-corrected chi connectivity index (χ2v) is 10.2. The number of anilines is 1. The van der Waals surface area contributed by atoms with Crippen LogP contribution in [-0.4, -0.2) is 32.1 Å². The van der Waals surface area contributed by atoms with E-state index in [9.17, 15) is 5.26 Å². The molecule has 3 heterocycles. The Bertz CT molecular complexity index is 1100. The van der Waals surface area contributed by atoms with Crippen LogP contribution in [-0.2, 0) is 6.42 Å². The minimum atomic E-state index is -0.0225. The van der Waals surface area contributed by atoms with Crippen molar-refractivity contribution in [2.24, 2.45) is 5.92 Å². The van der Waals surface area contributed by atoms with E-state index in [-0.39, 0.29) is 17.0 Å². The van der Waals surface area contributed by atoms with Crippen molar-refractivity contribution in [3.05, 3.63) is 42.2 Å². The van der Waals surface area contributed by atoms with Crippen LogP contribution in [0, 0.1) is 17.2 Å². The second kappa shape index (κ2) is 7.97. The maximum atomic E-state index is 9.19. The largest absolute Gasteiger partial charge is 0.360 e. The predicted octanol–water partition coefficient (Wildman–Crippen LogP) is 5.05.